The predicted octanol–water partition coefficient (Wildman–Crippen LogP) is 3.84. The molecular formula is C15H20Br4N2O2. The standard InChI is InChI=1S/C15H20Br4N2O2/c1-9-6-20(10(22)12(2)7-14(12,16)17)4-5-21(9)11(23)13(3)8-15(13,18)19/h9H,4-8H2,1-3H3/t9-,12-,13-/m1/s1. The van der Waals surface area contributed by atoms with Crippen molar-refractivity contribution in [3.63, 3.8) is 0 Å². The minimum absolute atomic E-state index is 0.0378. The Morgan fingerprint density at radius 1 is 0.913 bits per heavy atom. The number of hydrogen-bond donors (Lipinski definition) is 0. The Labute approximate surface area is 170 Å². The van der Waals surface area contributed by atoms with E-state index in [0.29, 0.717) is 19.6 Å². The van der Waals surface area contributed by atoms with Crippen LogP contribution in [0.3, 0.4) is 0 Å². The molecule has 0 N–H and O–H groups in total. The van der Waals surface area contributed by atoms with Crippen molar-refractivity contribution in [3.8, 4) is 0 Å². The molecule has 2 amide bonds. The number of rotatable bonds is 2. The second-order valence-corrected chi connectivity index (χ2v) is 15.1. The highest BCUT2D eigenvalue weighted by molar-refractivity contribution is 9.26. The molecule has 3 fully saturated rings. The van der Waals surface area contributed by atoms with E-state index in [4.69, 9.17) is 0 Å². The highest BCUT2D eigenvalue weighted by Crippen LogP contribution is 2.68. The maximum atomic E-state index is 12.8. The van der Waals surface area contributed by atoms with Crippen molar-refractivity contribution in [3.05, 3.63) is 0 Å². The lowest BCUT2D eigenvalue weighted by molar-refractivity contribution is -0.148. The third-order valence-electron chi connectivity index (χ3n) is 5.64. The number of carbonyl (C=O) groups excluding carboxylic acids is 2. The number of piperazine rings is 1. The molecule has 0 aromatic carbocycles. The molecule has 3 rings (SSSR count). The van der Waals surface area contributed by atoms with Crippen LogP contribution in [-0.2, 0) is 9.59 Å². The van der Waals surface area contributed by atoms with E-state index in [-0.39, 0.29) is 29.7 Å². The fraction of sp³-hybridized carbons (Fsp3) is 0.867. The molecule has 2 saturated carbocycles. The highest BCUT2D eigenvalue weighted by Gasteiger charge is 2.69. The van der Waals surface area contributed by atoms with E-state index in [1.807, 2.05) is 30.6 Å². The van der Waals surface area contributed by atoms with Crippen LogP contribution in [-0.4, -0.2) is 53.8 Å². The largest absolute Gasteiger partial charge is 0.338 e. The zero-order chi connectivity index (χ0) is 17.4. The number of nitrogens with zero attached hydrogens (tertiary/aromatic N) is 2. The molecule has 0 spiro atoms. The smallest absolute Gasteiger partial charge is 0.231 e. The van der Waals surface area contributed by atoms with Gasteiger partial charge in [0.25, 0.3) is 0 Å². The van der Waals surface area contributed by atoms with Crippen molar-refractivity contribution in [2.75, 3.05) is 19.6 Å². The zero-order valence-electron chi connectivity index (χ0n) is 13.3. The number of halogens is 4. The summed E-state index contributed by atoms with van der Waals surface area (Å²) in [4.78, 5) is 29.5. The van der Waals surface area contributed by atoms with Gasteiger partial charge in [0.2, 0.25) is 11.8 Å². The first-order valence-corrected chi connectivity index (χ1v) is 10.9. The summed E-state index contributed by atoms with van der Waals surface area (Å²) >= 11 is 14.3. The number of alkyl halides is 4. The first kappa shape index (κ1) is 18.6. The summed E-state index contributed by atoms with van der Waals surface area (Å²) in [6, 6.07) is 0.0378. The van der Waals surface area contributed by atoms with E-state index in [1.165, 1.54) is 0 Å². The summed E-state index contributed by atoms with van der Waals surface area (Å²) in [5, 5.41) is 0. The van der Waals surface area contributed by atoms with Crippen molar-refractivity contribution in [2.45, 2.75) is 46.1 Å². The van der Waals surface area contributed by atoms with Gasteiger partial charge in [0.05, 0.1) is 17.3 Å². The number of hydrogen-bond acceptors (Lipinski definition) is 2. The highest BCUT2D eigenvalue weighted by atomic mass is 79.9. The van der Waals surface area contributed by atoms with Crippen LogP contribution in [0.4, 0.5) is 0 Å². The van der Waals surface area contributed by atoms with E-state index in [0.717, 1.165) is 12.8 Å². The Morgan fingerprint density at radius 2 is 1.35 bits per heavy atom. The van der Waals surface area contributed by atoms with Gasteiger partial charge in [0.15, 0.2) is 0 Å². The second-order valence-electron chi connectivity index (χ2n) is 7.53. The van der Waals surface area contributed by atoms with Crippen LogP contribution in [0.2, 0.25) is 0 Å². The van der Waals surface area contributed by atoms with Crippen LogP contribution in [0.25, 0.3) is 0 Å². The van der Waals surface area contributed by atoms with Crippen molar-refractivity contribution in [1.29, 1.82) is 0 Å². The van der Waals surface area contributed by atoms with Crippen LogP contribution in [0.5, 0.6) is 0 Å². The molecule has 1 aliphatic heterocycles. The minimum Gasteiger partial charge on any atom is -0.338 e. The molecule has 3 atom stereocenters. The summed E-state index contributed by atoms with van der Waals surface area (Å²) in [7, 11) is 0. The second kappa shape index (κ2) is 5.43. The molecule has 0 radical (unpaired) electrons. The maximum Gasteiger partial charge on any atom is 0.231 e. The maximum absolute atomic E-state index is 12.8. The molecule has 0 aromatic rings. The van der Waals surface area contributed by atoms with Gasteiger partial charge in [-0.05, 0) is 33.6 Å². The lowest BCUT2D eigenvalue weighted by Crippen LogP contribution is -2.58. The molecule has 3 aliphatic rings. The van der Waals surface area contributed by atoms with Crippen LogP contribution >= 0.6 is 63.7 Å². The van der Waals surface area contributed by atoms with Gasteiger partial charge in [-0.2, -0.15) is 0 Å². The van der Waals surface area contributed by atoms with Gasteiger partial charge in [-0.3, -0.25) is 9.59 Å². The first-order valence-electron chi connectivity index (χ1n) is 7.72. The summed E-state index contributed by atoms with van der Waals surface area (Å²) in [5.41, 5.74) is -0.779. The average Bonchev–Trinajstić information content (AvgIpc) is 3.17. The Hall–Kier alpha value is 0.860. The van der Waals surface area contributed by atoms with E-state index in [2.05, 4.69) is 63.7 Å². The molecule has 1 heterocycles. The van der Waals surface area contributed by atoms with E-state index >= 15 is 0 Å². The monoisotopic (exact) mass is 576 g/mol. The minimum atomic E-state index is -0.392. The van der Waals surface area contributed by atoms with Crippen LogP contribution < -0.4 is 0 Å². The quantitative estimate of drug-likeness (QED) is 0.467. The van der Waals surface area contributed by atoms with Gasteiger partial charge in [0.1, 0.15) is 0 Å². The summed E-state index contributed by atoms with van der Waals surface area (Å²) in [5.74, 6) is 0.331. The molecule has 4 nitrogen and oxygen atoms in total. The Bertz CT molecular complexity index is 582. The third-order valence-corrected chi connectivity index (χ3v) is 10.3. The van der Waals surface area contributed by atoms with Gasteiger partial charge in [-0.25, -0.2) is 0 Å². The van der Waals surface area contributed by atoms with Crippen molar-refractivity contribution in [2.24, 2.45) is 10.8 Å². The van der Waals surface area contributed by atoms with Crippen LogP contribution in [0.15, 0.2) is 0 Å². The van der Waals surface area contributed by atoms with E-state index < -0.39 is 5.41 Å². The van der Waals surface area contributed by atoms with Crippen LogP contribution in [0.1, 0.15) is 33.6 Å². The van der Waals surface area contributed by atoms with Gasteiger partial charge in [-0.1, -0.05) is 63.7 Å². The summed E-state index contributed by atoms with van der Waals surface area (Å²) in [6.07, 6.45) is 1.58. The summed E-state index contributed by atoms with van der Waals surface area (Å²) in [6.45, 7) is 7.80. The predicted molar refractivity (Wildman–Crippen MR) is 104 cm³/mol. The molecule has 0 aromatic heterocycles. The van der Waals surface area contributed by atoms with Crippen molar-refractivity contribution >= 4 is 75.5 Å². The Morgan fingerprint density at radius 3 is 1.74 bits per heavy atom. The molecule has 2 aliphatic carbocycles. The molecule has 8 heteroatoms. The average molecular weight is 580 g/mol. The zero-order valence-corrected chi connectivity index (χ0v) is 19.7. The molecular weight excluding hydrogens is 560 g/mol. The Kier molecular flexibility index (Phi) is 4.40. The Balaban J connectivity index is 1.65. The number of amides is 2. The molecule has 1 saturated heterocycles. The van der Waals surface area contributed by atoms with Gasteiger partial charge in [0, 0.05) is 25.7 Å². The normalized spacial score (nSPS) is 40.7. The van der Waals surface area contributed by atoms with Gasteiger partial charge in [-0.15, -0.1) is 0 Å². The van der Waals surface area contributed by atoms with Gasteiger partial charge < -0.3 is 9.80 Å². The molecule has 130 valence electrons. The first-order chi connectivity index (χ1) is 10.4. The number of carbonyl (C=O) groups is 2. The van der Waals surface area contributed by atoms with Crippen LogP contribution in [0, 0.1) is 10.8 Å². The third kappa shape index (κ3) is 2.78. The van der Waals surface area contributed by atoms with Crippen molar-refractivity contribution < 1.29 is 9.59 Å². The fourth-order valence-corrected chi connectivity index (χ4v) is 6.29. The molecule has 23 heavy (non-hydrogen) atoms. The molecule has 0 unspecified atom stereocenters. The van der Waals surface area contributed by atoms with E-state index in [9.17, 15) is 9.59 Å². The SMILES string of the molecule is C[C@@H]1CN(C(=O)[C@@]2(C)CC2(Br)Br)CCN1C(=O)[C@@]1(C)CC1(Br)Br. The molecule has 0 bridgehead atoms. The van der Waals surface area contributed by atoms with E-state index in [1.54, 1.807) is 0 Å². The topological polar surface area (TPSA) is 40.6 Å². The fourth-order valence-electron chi connectivity index (χ4n) is 3.37. The summed E-state index contributed by atoms with van der Waals surface area (Å²) < 4.78 is -0.545. The lowest BCUT2D eigenvalue weighted by atomic mass is 10.0. The van der Waals surface area contributed by atoms with Gasteiger partial charge >= 0.3 is 0 Å². The lowest BCUT2D eigenvalue weighted by Gasteiger charge is -2.42. The van der Waals surface area contributed by atoms with Crippen molar-refractivity contribution in [1.82, 2.24) is 9.80 Å².